The van der Waals surface area contributed by atoms with Crippen molar-refractivity contribution < 1.29 is 54.9 Å². The third kappa shape index (κ3) is 90.0. The van der Waals surface area contributed by atoms with Crippen molar-refractivity contribution in [1.82, 2.24) is 0 Å². The minimum atomic E-state index is -6.00. The number of nitrogens with zero attached hydrogens (tertiary/aromatic N) is 2. The van der Waals surface area contributed by atoms with Crippen LogP contribution in [0.1, 0.15) is 125 Å². The van der Waals surface area contributed by atoms with E-state index in [-0.39, 0.29) is 20.4 Å². The predicted molar refractivity (Wildman–Crippen MR) is 169 cm³/mol. The van der Waals surface area contributed by atoms with Gasteiger partial charge in [-0.15, -0.1) is 15.8 Å². The molecule has 15 heteroatoms. The molecule has 42 heavy (non-hydrogen) atoms. The molecule has 2 nitrogen and oxygen atoms in total. The van der Waals surface area contributed by atoms with Gasteiger partial charge < -0.3 is 34.5 Å². The molecule has 0 aromatic rings. The van der Waals surface area contributed by atoms with Crippen LogP contribution in [-0.4, -0.2) is 51.5 Å². The Bertz CT molecular complexity index is 500. The summed E-state index contributed by atoms with van der Waals surface area (Å²) in [6, 6.07) is 3.50. The molecule has 0 aliphatic rings. The Morgan fingerprint density at radius 1 is 0.429 bits per heavy atom. The van der Waals surface area contributed by atoms with Gasteiger partial charge in [-0.2, -0.15) is 10.5 Å². The summed E-state index contributed by atoms with van der Waals surface area (Å²) < 4.78 is 78.0. The minimum absolute atomic E-state index is 0. The van der Waals surface area contributed by atoms with Crippen molar-refractivity contribution in [2.45, 2.75) is 125 Å². The Morgan fingerprint density at radius 3 is 0.714 bits per heavy atom. The predicted octanol–water partition coefficient (Wildman–Crippen LogP) is 12.8. The van der Waals surface area contributed by atoms with Gasteiger partial charge in [-0.1, -0.05) is 79.1 Å². The Morgan fingerprint density at radius 2 is 0.571 bits per heavy atom. The molecule has 0 saturated carbocycles. The quantitative estimate of drug-likeness (QED) is 0.0538. The smallest absolute Gasteiger partial charge is 0.418 e. The number of hydrogen-bond acceptors (Lipinski definition) is 2. The van der Waals surface area contributed by atoms with Crippen LogP contribution >= 0.6 is 15.8 Å². The summed E-state index contributed by atoms with van der Waals surface area (Å²) in [5.74, 6) is 0. The van der Waals surface area contributed by atoms with E-state index in [1.807, 2.05) is 0 Å². The van der Waals surface area contributed by atoms with Gasteiger partial charge in [-0.25, -0.2) is 0 Å². The number of hydrogen-bond donors (Lipinski definition) is 0. The Kier molecular flexibility index (Phi) is 56.1. The second-order valence-corrected chi connectivity index (χ2v) is 14.7. The van der Waals surface area contributed by atoms with Crippen molar-refractivity contribution in [3.8, 4) is 12.1 Å². The second-order valence-electron chi connectivity index (χ2n) is 9.30. The van der Waals surface area contributed by atoms with Crippen LogP contribution in [0.4, 0.5) is 34.5 Å². The van der Waals surface area contributed by atoms with Crippen LogP contribution in [0, 0.1) is 22.7 Å². The molecule has 0 aromatic carbocycles. The molecule has 0 bridgehead atoms. The summed E-state index contributed by atoms with van der Waals surface area (Å²) in [7, 11) is -11.3. The van der Waals surface area contributed by atoms with Crippen molar-refractivity contribution in [2.24, 2.45) is 0 Å². The molecular formula is C27H56B2F8N2P2Pd. The second kappa shape index (κ2) is 43.2. The standard InChI is InChI=1S/C23H50P2.2C2H3N.2BF4.Pd/c1-5-9-13-18-24(19-14-10-6-2)22-17-23-25(20-15-11-7-3)21-16-12-8-4;2*1-2-3;2*2-1(3,4)5;/h5-23H2,1-4H3;2*1H3;;;/q;;;2*-1;+2. The number of rotatable bonds is 20. The number of unbranched alkanes of at least 4 members (excludes halogenated alkanes) is 8. The van der Waals surface area contributed by atoms with E-state index in [2.05, 4.69) is 27.7 Å². The van der Waals surface area contributed by atoms with Crippen molar-refractivity contribution in [3.63, 3.8) is 0 Å². The van der Waals surface area contributed by atoms with Gasteiger partial charge >= 0.3 is 34.9 Å². The molecule has 0 radical (unpaired) electrons. The van der Waals surface area contributed by atoms with E-state index in [1.165, 1.54) is 90.9 Å². The molecule has 0 N–H and O–H groups in total. The van der Waals surface area contributed by atoms with Crippen molar-refractivity contribution in [2.75, 3.05) is 37.0 Å². The normalized spacial score (nSPS) is 10.2. The average molecular weight is 751 g/mol. The summed E-state index contributed by atoms with van der Waals surface area (Å²) in [6.45, 7) is 12.2. The average Bonchev–Trinajstić information content (AvgIpc) is 2.83. The molecule has 0 aromatic heterocycles. The fourth-order valence-corrected chi connectivity index (χ4v) is 9.02. The summed E-state index contributed by atoms with van der Waals surface area (Å²) >= 11 is 0. The zero-order chi connectivity index (χ0) is 33.0. The van der Waals surface area contributed by atoms with Gasteiger partial charge in [0.25, 0.3) is 0 Å². The summed E-state index contributed by atoms with van der Waals surface area (Å²) in [5, 5.41) is 14.6. The molecule has 0 aliphatic heterocycles. The van der Waals surface area contributed by atoms with Crippen LogP contribution in [0.5, 0.6) is 0 Å². The summed E-state index contributed by atoms with van der Waals surface area (Å²) in [4.78, 5) is 0. The SMILES string of the molecule is CC#N.CC#N.CCCCCP(CCCCC)CCCP(CCCCC)CCCCC.F[B-](F)(F)F.F[B-](F)(F)F.[Pd+2]. The first-order valence-corrected chi connectivity index (χ1v) is 18.7. The van der Waals surface area contributed by atoms with Crippen LogP contribution in [-0.2, 0) is 20.4 Å². The van der Waals surface area contributed by atoms with Gasteiger partial charge in [0.05, 0.1) is 12.1 Å². The summed E-state index contributed by atoms with van der Waals surface area (Å²) in [5.41, 5.74) is 0. The van der Waals surface area contributed by atoms with Gasteiger partial charge in [0, 0.05) is 13.8 Å². The zero-order valence-electron chi connectivity index (χ0n) is 26.7. The maximum Gasteiger partial charge on any atom is 2.00 e. The third-order valence-electron chi connectivity index (χ3n) is 5.26. The van der Waals surface area contributed by atoms with Crippen molar-refractivity contribution in [1.29, 1.82) is 10.5 Å². The maximum absolute atomic E-state index is 9.75. The fraction of sp³-hybridized carbons (Fsp3) is 0.926. The van der Waals surface area contributed by atoms with Crippen LogP contribution in [0.25, 0.3) is 0 Å². The summed E-state index contributed by atoms with van der Waals surface area (Å²) in [6.07, 6.45) is 28.5. The van der Waals surface area contributed by atoms with Crippen LogP contribution in [0.3, 0.4) is 0 Å². The fourth-order valence-electron chi connectivity index (χ4n) is 3.53. The number of halogens is 8. The van der Waals surface area contributed by atoms with E-state index in [1.54, 1.807) is 55.5 Å². The van der Waals surface area contributed by atoms with E-state index in [9.17, 15) is 34.5 Å². The van der Waals surface area contributed by atoms with E-state index >= 15 is 0 Å². The molecule has 0 unspecified atom stereocenters. The van der Waals surface area contributed by atoms with Gasteiger partial charge in [0.1, 0.15) is 0 Å². The molecule has 0 amide bonds. The molecule has 0 spiro atoms. The van der Waals surface area contributed by atoms with Gasteiger partial charge in [0.15, 0.2) is 0 Å². The van der Waals surface area contributed by atoms with Gasteiger partial charge in [0.2, 0.25) is 0 Å². The van der Waals surface area contributed by atoms with Gasteiger partial charge in [-0.05, 0) is 69.1 Å². The number of nitriles is 2. The molecule has 256 valence electrons. The van der Waals surface area contributed by atoms with Crippen LogP contribution < -0.4 is 0 Å². The van der Waals surface area contributed by atoms with E-state index in [4.69, 9.17) is 10.5 Å². The first-order valence-electron chi connectivity index (χ1n) is 14.9. The van der Waals surface area contributed by atoms with Crippen LogP contribution in [0.15, 0.2) is 0 Å². The monoisotopic (exact) mass is 750 g/mol. The topological polar surface area (TPSA) is 47.6 Å². The Labute approximate surface area is 269 Å². The Balaban J connectivity index is -0.000000156. The molecule has 0 aliphatic carbocycles. The maximum atomic E-state index is 9.75. The van der Waals surface area contributed by atoms with Crippen LogP contribution in [0.2, 0.25) is 0 Å². The first-order chi connectivity index (χ1) is 19.1. The third-order valence-corrected chi connectivity index (χ3v) is 11.0. The van der Waals surface area contributed by atoms with Crippen molar-refractivity contribution in [3.05, 3.63) is 0 Å². The molecule has 0 saturated heterocycles. The minimum Gasteiger partial charge on any atom is -0.418 e. The molecule has 0 fully saturated rings. The molecule has 0 atom stereocenters. The molecule has 0 heterocycles. The van der Waals surface area contributed by atoms with E-state index in [0.29, 0.717) is 15.8 Å². The van der Waals surface area contributed by atoms with E-state index < -0.39 is 14.5 Å². The van der Waals surface area contributed by atoms with Gasteiger partial charge in [-0.3, -0.25) is 0 Å². The largest absolute Gasteiger partial charge is 2.00 e. The molecular weight excluding hydrogens is 694 g/mol. The van der Waals surface area contributed by atoms with E-state index in [0.717, 1.165) is 0 Å². The Hall–Kier alpha value is 0.0722. The van der Waals surface area contributed by atoms with Crippen molar-refractivity contribution >= 4 is 30.4 Å². The zero-order valence-corrected chi connectivity index (χ0v) is 30.1. The molecule has 0 rings (SSSR count). The first kappa shape index (κ1) is 54.5.